The van der Waals surface area contributed by atoms with Gasteiger partial charge in [0.25, 0.3) is 0 Å². The molecule has 1 N–H and O–H groups in total. The molecular weight excluding hydrogens is 218 g/mol. The fourth-order valence-electron chi connectivity index (χ4n) is 1.94. The molecule has 4 heteroatoms. The van der Waals surface area contributed by atoms with Gasteiger partial charge < -0.3 is 14.6 Å². The minimum Gasteiger partial charge on any atom is -0.486 e. The number of aliphatic hydroxyl groups excluding tert-OH is 1. The number of rotatable bonds is 4. The highest BCUT2D eigenvalue weighted by Gasteiger charge is 2.14. The second-order valence-electron chi connectivity index (χ2n) is 4.38. The number of aliphatic hydroxyl groups is 1. The van der Waals surface area contributed by atoms with E-state index in [0.717, 1.165) is 18.0 Å². The van der Waals surface area contributed by atoms with E-state index in [1.807, 2.05) is 19.2 Å². The zero-order chi connectivity index (χ0) is 12.3. The Balaban J connectivity index is 2.16. The van der Waals surface area contributed by atoms with Gasteiger partial charge in [0.2, 0.25) is 0 Å². The van der Waals surface area contributed by atoms with Crippen LogP contribution < -0.4 is 9.47 Å². The highest BCUT2D eigenvalue weighted by molar-refractivity contribution is 5.47. The van der Waals surface area contributed by atoms with Crippen LogP contribution in [0.4, 0.5) is 0 Å². The highest BCUT2D eigenvalue weighted by atomic mass is 16.6. The molecule has 0 aliphatic carbocycles. The van der Waals surface area contributed by atoms with E-state index in [2.05, 4.69) is 11.8 Å². The Morgan fingerprint density at radius 2 is 1.88 bits per heavy atom. The molecule has 0 radical (unpaired) electrons. The van der Waals surface area contributed by atoms with Gasteiger partial charge in [0.15, 0.2) is 11.5 Å². The third-order valence-electron chi connectivity index (χ3n) is 2.92. The number of ether oxygens (including phenoxy) is 2. The molecule has 0 bridgehead atoms. The average molecular weight is 237 g/mol. The summed E-state index contributed by atoms with van der Waals surface area (Å²) in [6.45, 7) is 4.97. The molecule has 1 aliphatic heterocycles. The van der Waals surface area contributed by atoms with Crippen LogP contribution in [-0.2, 0) is 6.54 Å². The smallest absolute Gasteiger partial charge is 0.161 e. The lowest BCUT2D eigenvalue weighted by Gasteiger charge is -2.22. The molecule has 0 atom stereocenters. The van der Waals surface area contributed by atoms with E-state index in [4.69, 9.17) is 14.6 Å². The fourth-order valence-corrected chi connectivity index (χ4v) is 1.94. The van der Waals surface area contributed by atoms with Crippen molar-refractivity contribution in [2.45, 2.75) is 13.5 Å². The Morgan fingerprint density at radius 3 is 2.53 bits per heavy atom. The van der Waals surface area contributed by atoms with Crippen LogP contribution in [-0.4, -0.2) is 43.4 Å². The van der Waals surface area contributed by atoms with Crippen LogP contribution in [0.2, 0.25) is 0 Å². The first-order valence-corrected chi connectivity index (χ1v) is 5.89. The number of fused-ring (bicyclic) bond motifs is 1. The second kappa shape index (κ2) is 5.38. The van der Waals surface area contributed by atoms with Crippen molar-refractivity contribution in [2.24, 2.45) is 0 Å². The zero-order valence-corrected chi connectivity index (χ0v) is 10.4. The van der Waals surface area contributed by atoms with Crippen LogP contribution in [0.15, 0.2) is 12.1 Å². The molecule has 94 valence electrons. The maximum Gasteiger partial charge on any atom is 0.161 e. The van der Waals surface area contributed by atoms with Gasteiger partial charge in [-0.3, -0.25) is 4.90 Å². The van der Waals surface area contributed by atoms with E-state index in [-0.39, 0.29) is 6.61 Å². The van der Waals surface area contributed by atoms with E-state index < -0.39 is 0 Å². The normalized spacial score (nSPS) is 14.1. The molecule has 0 saturated heterocycles. The molecule has 0 unspecified atom stereocenters. The summed E-state index contributed by atoms with van der Waals surface area (Å²) in [5.74, 6) is 1.66. The fraction of sp³-hybridized carbons (Fsp3) is 0.538. The molecule has 2 rings (SSSR count). The van der Waals surface area contributed by atoms with Crippen molar-refractivity contribution >= 4 is 0 Å². The minimum absolute atomic E-state index is 0.181. The lowest BCUT2D eigenvalue weighted by Crippen LogP contribution is -2.22. The second-order valence-corrected chi connectivity index (χ2v) is 4.38. The maximum atomic E-state index is 8.89. The van der Waals surface area contributed by atoms with Crippen molar-refractivity contribution in [3.8, 4) is 11.5 Å². The van der Waals surface area contributed by atoms with Crippen LogP contribution in [0.25, 0.3) is 0 Å². The summed E-state index contributed by atoms with van der Waals surface area (Å²) in [5, 5.41) is 8.89. The largest absolute Gasteiger partial charge is 0.486 e. The molecule has 1 aliphatic rings. The van der Waals surface area contributed by atoms with Gasteiger partial charge in [0.1, 0.15) is 13.2 Å². The summed E-state index contributed by atoms with van der Waals surface area (Å²) in [4.78, 5) is 2.08. The van der Waals surface area contributed by atoms with Crippen molar-refractivity contribution in [2.75, 3.05) is 33.4 Å². The minimum atomic E-state index is 0.181. The number of nitrogens with zero attached hydrogens (tertiary/aromatic N) is 1. The molecular formula is C13H19NO3. The SMILES string of the molecule is Cc1cc2c(cc1CN(C)CCO)OCCO2. The zero-order valence-electron chi connectivity index (χ0n) is 10.4. The van der Waals surface area contributed by atoms with Crippen LogP contribution in [0, 0.1) is 6.92 Å². The quantitative estimate of drug-likeness (QED) is 0.854. The summed E-state index contributed by atoms with van der Waals surface area (Å²) < 4.78 is 11.1. The number of hydrogen-bond acceptors (Lipinski definition) is 4. The lowest BCUT2D eigenvalue weighted by atomic mass is 10.1. The molecule has 1 aromatic carbocycles. The Bertz CT molecular complexity index is 392. The van der Waals surface area contributed by atoms with E-state index in [1.165, 1.54) is 11.1 Å². The Labute approximate surface area is 102 Å². The van der Waals surface area contributed by atoms with Crippen LogP contribution in [0.1, 0.15) is 11.1 Å². The lowest BCUT2D eigenvalue weighted by molar-refractivity contribution is 0.170. The molecule has 0 amide bonds. The summed E-state index contributed by atoms with van der Waals surface area (Å²) >= 11 is 0. The van der Waals surface area contributed by atoms with Gasteiger partial charge >= 0.3 is 0 Å². The summed E-state index contributed by atoms with van der Waals surface area (Å²) in [7, 11) is 1.99. The van der Waals surface area contributed by atoms with Crippen molar-refractivity contribution in [3.05, 3.63) is 23.3 Å². The number of likely N-dealkylation sites (N-methyl/N-ethyl adjacent to an activating group) is 1. The predicted molar refractivity (Wildman–Crippen MR) is 65.6 cm³/mol. The van der Waals surface area contributed by atoms with E-state index in [0.29, 0.717) is 19.8 Å². The Morgan fingerprint density at radius 1 is 1.24 bits per heavy atom. The summed E-state index contributed by atoms with van der Waals surface area (Å²) in [5.41, 5.74) is 2.41. The molecule has 0 fully saturated rings. The van der Waals surface area contributed by atoms with Gasteiger partial charge in [-0.25, -0.2) is 0 Å². The molecule has 17 heavy (non-hydrogen) atoms. The number of aryl methyl sites for hydroxylation is 1. The van der Waals surface area contributed by atoms with Gasteiger partial charge in [-0.05, 0) is 37.2 Å². The van der Waals surface area contributed by atoms with E-state index >= 15 is 0 Å². The third kappa shape index (κ3) is 2.90. The van der Waals surface area contributed by atoms with Crippen LogP contribution in [0.3, 0.4) is 0 Å². The Kier molecular flexibility index (Phi) is 3.86. The van der Waals surface area contributed by atoms with Gasteiger partial charge in [0.05, 0.1) is 6.61 Å². The van der Waals surface area contributed by atoms with Gasteiger partial charge in [0, 0.05) is 13.1 Å². The van der Waals surface area contributed by atoms with Crippen molar-refractivity contribution in [1.82, 2.24) is 4.90 Å². The number of hydrogen-bond donors (Lipinski definition) is 1. The number of benzene rings is 1. The van der Waals surface area contributed by atoms with Gasteiger partial charge in [-0.15, -0.1) is 0 Å². The van der Waals surface area contributed by atoms with E-state index in [1.54, 1.807) is 0 Å². The first-order valence-electron chi connectivity index (χ1n) is 5.89. The maximum absolute atomic E-state index is 8.89. The monoisotopic (exact) mass is 237 g/mol. The van der Waals surface area contributed by atoms with Crippen molar-refractivity contribution < 1.29 is 14.6 Å². The van der Waals surface area contributed by atoms with Crippen molar-refractivity contribution in [1.29, 1.82) is 0 Å². The first kappa shape index (κ1) is 12.2. The van der Waals surface area contributed by atoms with Crippen LogP contribution >= 0.6 is 0 Å². The first-order chi connectivity index (χ1) is 8.20. The van der Waals surface area contributed by atoms with Crippen LogP contribution in [0.5, 0.6) is 11.5 Å². The molecule has 0 aromatic heterocycles. The average Bonchev–Trinajstić information content (AvgIpc) is 2.30. The molecule has 4 nitrogen and oxygen atoms in total. The van der Waals surface area contributed by atoms with Gasteiger partial charge in [-0.1, -0.05) is 0 Å². The van der Waals surface area contributed by atoms with Gasteiger partial charge in [-0.2, -0.15) is 0 Å². The summed E-state index contributed by atoms with van der Waals surface area (Å²) in [6, 6.07) is 4.06. The predicted octanol–water partition coefficient (Wildman–Crippen LogP) is 1.19. The topological polar surface area (TPSA) is 41.9 Å². The third-order valence-corrected chi connectivity index (χ3v) is 2.92. The molecule has 1 heterocycles. The molecule has 0 spiro atoms. The Hall–Kier alpha value is -1.26. The molecule has 1 aromatic rings. The van der Waals surface area contributed by atoms with Crippen molar-refractivity contribution in [3.63, 3.8) is 0 Å². The highest BCUT2D eigenvalue weighted by Crippen LogP contribution is 2.33. The molecule has 0 saturated carbocycles. The summed E-state index contributed by atoms with van der Waals surface area (Å²) in [6.07, 6.45) is 0. The standard InChI is InChI=1S/C13H19NO3/c1-10-7-12-13(17-6-5-16-12)8-11(10)9-14(2)3-4-15/h7-8,15H,3-6,9H2,1-2H3. The van der Waals surface area contributed by atoms with E-state index in [9.17, 15) is 0 Å².